The predicted molar refractivity (Wildman–Crippen MR) is 83.5 cm³/mol. The van der Waals surface area contributed by atoms with Gasteiger partial charge in [0.2, 0.25) is 6.39 Å². The molecule has 7 nitrogen and oxygen atoms in total. The molecule has 1 atom stereocenters. The number of likely N-dealkylation sites (N-methyl/N-ethyl adjacent to an activating group) is 1. The van der Waals surface area contributed by atoms with Crippen LogP contribution in [0.3, 0.4) is 0 Å². The highest BCUT2D eigenvalue weighted by molar-refractivity contribution is 5.73. The third kappa shape index (κ3) is 4.21. The summed E-state index contributed by atoms with van der Waals surface area (Å²) in [5.74, 6) is 0.479. The second-order valence-electron chi connectivity index (χ2n) is 5.19. The molecule has 2 amide bonds. The number of urea groups is 1. The third-order valence-electron chi connectivity index (χ3n) is 3.51. The average molecular weight is 303 g/mol. The minimum absolute atomic E-state index is 0.168. The van der Waals surface area contributed by atoms with Gasteiger partial charge < -0.3 is 19.6 Å². The van der Waals surface area contributed by atoms with Gasteiger partial charge in [-0.25, -0.2) is 4.79 Å². The molecular formula is C15H21N5O2. The van der Waals surface area contributed by atoms with Crippen LogP contribution in [0, 0.1) is 0 Å². The highest BCUT2D eigenvalue weighted by atomic mass is 16.5. The maximum absolute atomic E-state index is 12.0. The molecule has 7 heteroatoms. The van der Waals surface area contributed by atoms with Crippen molar-refractivity contribution in [1.82, 2.24) is 20.4 Å². The van der Waals surface area contributed by atoms with E-state index in [4.69, 9.17) is 0 Å². The molecule has 1 aromatic heterocycles. The molecule has 0 saturated heterocycles. The van der Waals surface area contributed by atoms with Crippen LogP contribution in [0.5, 0.6) is 0 Å². The van der Waals surface area contributed by atoms with Crippen LogP contribution in [-0.4, -0.2) is 47.8 Å². The first-order chi connectivity index (χ1) is 10.6. The molecule has 0 radical (unpaired) electrons. The molecule has 2 rings (SSSR count). The molecule has 22 heavy (non-hydrogen) atoms. The lowest BCUT2D eigenvalue weighted by molar-refractivity contribution is 0.204. The van der Waals surface area contributed by atoms with Crippen LogP contribution >= 0.6 is 0 Å². The van der Waals surface area contributed by atoms with E-state index in [1.165, 1.54) is 11.3 Å². The van der Waals surface area contributed by atoms with Crippen molar-refractivity contribution in [3.63, 3.8) is 0 Å². The summed E-state index contributed by atoms with van der Waals surface area (Å²) in [6, 6.07) is 10.1. The van der Waals surface area contributed by atoms with Gasteiger partial charge in [-0.05, 0) is 19.1 Å². The fraction of sp³-hybridized carbons (Fsp3) is 0.400. The van der Waals surface area contributed by atoms with Crippen molar-refractivity contribution in [2.24, 2.45) is 0 Å². The van der Waals surface area contributed by atoms with E-state index in [0.29, 0.717) is 18.9 Å². The predicted octanol–water partition coefficient (Wildman–Crippen LogP) is 1.74. The molecule has 0 saturated carbocycles. The number of carbonyl (C=O) groups is 1. The van der Waals surface area contributed by atoms with E-state index >= 15 is 0 Å². The zero-order valence-corrected chi connectivity index (χ0v) is 13.1. The topological polar surface area (TPSA) is 74.5 Å². The number of anilines is 1. The molecular weight excluding hydrogens is 282 g/mol. The van der Waals surface area contributed by atoms with Gasteiger partial charge in [-0.1, -0.05) is 23.4 Å². The molecule has 0 aliphatic carbocycles. The first kappa shape index (κ1) is 15.8. The molecule has 1 aromatic carbocycles. The van der Waals surface area contributed by atoms with E-state index < -0.39 is 0 Å². The number of aromatic nitrogens is 2. The van der Waals surface area contributed by atoms with Crippen molar-refractivity contribution in [2.45, 2.75) is 19.5 Å². The SMILES string of the molecule is C[C@@H](CNC(=O)N(C)Cc1ncon1)N(C)c1ccccc1. The lowest BCUT2D eigenvalue weighted by atomic mass is 10.2. The Bertz CT molecular complexity index is 573. The minimum Gasteiger partial charge on any atom is -0.370 e. The summed E-state index contributed by atoms with van der Waals surface area (Å²) in [6.07, 6.45) is 1.25. The molecule has 0 fully saturated rings. The smallest absolute Gasteiger partial charge is 0.317 e. The Labute approximate surface area is 129 Å². The van der Waals surface area contributed by atoms with Crippen LogP contribution in [-0.2, 0) is 6.54 Å². The lowest BCUT2D eigenvalue weighted by Gasteiger charge is -2.28. The normalized spacial score (nSPS) is 11.8. The fourth-order valence-corrected chi connectivity index (χ4v) is 1.97. The summed E-state index contributed by atoms with van der Waals surface area (Å²) >= 11 is 0. The van der Waals surface area contributed by atoms with Gasteiger partial charge in [-0.2, -0.15) is 4.98 Å². The van der Waals surface area contributed by atoms with Crippen LogP contribution in [0.4, 0.5) is 10.5 Å². The molecule has 0 aliphatic rings. The van der Waals surface area contributed by atoms with Gasteiger partial charge in [-0.3, -0.25) is 0 Å². The lowest BCUT2D eigenvalue weighted by Crippen LogP contribution is -2.44. The van der Waals surface area contributed by atoms with Crippen LogP contribution in [0.15, 0.2) is 41.2 Å². The molecule has 118 valence electrons. The van der Waals surface area contributed by atoms with Gasteiger partial charge in [0.05, 0.1) is 6.54 Å². The van der Waals surface area contributed by atoms with Crippen molar-refractivity contribution < 1.29 is 9.32 Å². The van der Waals surface area contributed by atoms with Gasteiger partial charge >= 0.3 is 6.03 Å². The van der Waals surface area contributed by atoms with Crippen molar-refractivity contribution >= 4 is 11.7 Å². The van der Waals surface area contributed by atoms with E-state index in [0.717, 1.165) is 5.69 Å². The number of rotatable bonds is 6. The van der Waals surface area contributed by atoms with E-state index in [1.807, 2.05) is 37.4 Å². The molecule has 0 spiro atoms. The van der Waals surface area contributed by atoms with E-state index in [1.54, 1.807) is 7.05 Å². The van der Waals surface area contributed by atoms with Gasteiger partial charge in [0.15, 0.2) is 5.82 Å². The Morgan fingerprint density at radius 2 is 2.05 bits per heavy atom. The van der Waals surface area contributed by atoms with E-state index in [-0.39, 0.29) is 12.1 Å². The second kappa shape index (κ2) is 7.44. The fourth-order valence-electron chi connectivity index (χ4n) is 1.97. The highest BCUT2D eigenvalue weighted by Gasteiger charge is 2.14. The van der Waals surface area contributed by atoms with Crippen molar-refractivity contribution in [3.05, 3.63) is 42.5 Å². The molecule has 1 N–H and O–H groups in total. The molecule has 0 bridgehead atoms. The zero-order valence-electron chi connectivity index (χ0n) is 13.1. The maximum Gasteiger partial charge on any atom is 0.317 e. The van der Waals surface area contributed by atoms with Crippen LogP contribution in [0.2, 0.25) is 0 Å². The van der Waals surface area contributed by atoms with Crippen molar-refractivity contribution in [3.8, 4) is 0 Å². The third-order valence-corrected chi connectivity index (χ3v) is 3.51. The molecule has 2 aromatic rings. The maximum atomic E-state index is 12.0. The number of carbonyl (C=O) groups excluding carboxylic acids is 1. The van der Waals surface area contributed by atoms with Crippen molar-refractivity contribution in [1.29, 1.82) is 0 Å². The number of amides is 2. The van der Waals surface area contributed by atoms with Crippen LogP contribution < -0.4 is 10.2 Å². The number of para-hydroxylation sites is 1. The van der Waals surface area contributed by atoms with Gasteiger partial charge in [0, 0.05) is 32.4 Å². The number of benzene rings is 1. The van der Waals surface area contributed by atoms with Crippen LogP contribution in [0.25, 0.3) is 0 Å². The Kier molecular flexibility index (Phi) is 5.35. The average Bonchev–Trinajstić information content (AvgIpc) is 3.05. The number of nitrogens with zero attached hydrogens (tertiary/aromatic N) is 4. The number of hydrogen-bond donors (Lipinski definition) is 1. The summed E-state index contributed by atoms with van der Waals surface area (Å²) in [5.41, 5.74) is 1.12. The highest BCUT2D eigenvalue weighted by Crippen LogP contribution is 2.13. The number of nitrogens with one attached hydrogen (secondary N) is 1. The second-order valence-corrected chi connectivity index (χ2v) is 5.19. The summed E-state index contributed by atoms with van der Waals surface area (Å²) < 4.78 is 4.65. The first-order valence-corrected chi connectivity index (χ1v) is 7.10. The molecule has 1 heterocycles. The first-order valence-electron chi connectivity index (χ1n) is 7.10. The standard InChI is InChI=1S/C15H21N5O2/c1-12(20(3)13-7-5-4-6-8-13)9-16-15(21)19(2)10-14-17-11-22-18-14/h4-8,11-12H,9-10H2,1-3H3,(H,16,21)/t12-/m0/s1. The van der Waals surface area contributed by atoms with E-state index in [2.05, 4.69) is 31.8 Å². The summed E-state index contributed by atoms with van der Waals surface area (Å²) in [4.78, 5) is 19.6. The van der Waals surface area contributed by atoms with Gasteiger partial charge in [0.1, 0.15) is 0 Å². The van der Waals surface area contributed by atoms with Gasteiger partial charge in [-0.15, -0.1) is 0 Å². The quantitative estimate of drug-likeness (QED) is 0.880. The Morgan fingerprint density at radius 3 is 2.68 bits per heavy atom. The minimum atomic E-state index is -0.168. The Morgan fingerprint density at radius 1 is 1.32 bits per heavy atom. The van der Waals surface area contributed by atoms with Crippen LogP contribution in [0.1, 0.15) is 12.7 Å². The zero-order chi connectivity index (χ0) is 15.9. The van der Waals surface area contributed by atoms with Crippen molar-refractivity contribution in [2.75, 3.05) is 25.5 Å². The molecule has 0 aliphatic heterocycles. The largest absolute Gasteiger partial charge is 0.370 e. The molecule has 0 unspecified atom stereocenters. The Hall–Kier alpha value is -2.57. The summed E-state index contributed by atoms with van der Waals surface area (Å²) in [5, 5.41) is 6.59. The summed E-state index contributed by atoms with van der Waals surface area (Å²) in [6.45, 7) is 2.92. The Balaban J connectivity index is 1.80. The van der Waals surface area contributed by atoms with Gasteiger partial charge in [0.25, 0.3) is 0 Å². The number of hydrogen-bond acceptors (Lipinski definition) is 5. The summed E-state index contributed by atoms with van der Waals surface area (Å²) in [7, 11) is 3.70. The monoisotopic (exact) mass is 303 g/mol. The van der Waals surface area contributed by atoms with E-state index in [9.17, 15) is 4.79 Å².